The van der Waals surface area contributed by atoms with Gasteiger partial charge in [-0.2, -0.15) is 0 Å². The molecule has 0 saturated heterocycles. The standard InChI is InChI=1S/C25H22N4O2/c1-16-5-10-23-21(12-16)22(25(31)27-15-18-4-3-11-26-14-18)13-24(29-23)19-6-8-20(9-7-19)28-17(2)30/h3-14H,15H2,1-2H3,(H,27,31)(H,28,30). The van der Waals surface area contributed by atoms with Crippen LogP contribution in [0.25, 0.3) is 22.2 Å². The van der Waals surface area contributed by atoms with Crippen molar-refractivity contribution in [3.63, 3.8) is 0 Å². The predicted molar refractivity (Wildman–Crippen MR) is 122 cm³/mol. The number of nitrogens with zero attached hydrogens (tertiary/aromatic N) is 2. The maximum absolute atomic E-state index is 13.1. The van der Waals surface area contributed by atoms with Gasteiger partial charge in [0.05, 0.1) is 16.8 Å². The van der Waals surface area contributed by atoms with Crippen LogP contribution < -0.4 is 10.6 Å². The van der Waals surface area contributed by atoms with Gasteiger partial charge in [-0.05, 0) is 48.9 Å². The maximum Gasteiger partial charge on any atom is 0.252 e. The Hall–Kier alpha value is -4.06. The van der Waals surface area contributed by atoms with E-state index in [1.54, 1.807) is 12.4 Å². The first-order chi connectivity index (χ1) is 15.0. The van der Waals surface area contributed by atoms with Crippen molar-refractivity contribution >= 4 is 28.4 Å². The zero-order valence-corrected chi connectivity index (χ0v) is 17.3. The molecule has 0 aliphatic heterocycles. The van der Waals surface area contributed by atoms with Crippen LogP contribution in [0.2, 0.25) is 0 Å². The van der Waals surface area contributed by atoms with E-state index in [1.165, 1.54) is 6.92 Å². The number of hydrogen-bond donors (Lipinski definition) is 2. The van der Waals surface area contributed by atoms with Crippen LogP contribution in [-0.4, -0.2) is 21.8 Å². The van der Waals surface area contributed by atoms with Gasteiger partial charge in [0.1, 0.15) is 0 Å². The van der Waals surface area contributed by atoms with Crippen molar-refractivity contribution in [2.75, 3.05) is 5.32 Å². The molecule has 4 aromatic rings. The third kappa shape index (κ3) is 4.75. The average Bonchev–Trinajstić information content (AvgIpc) is 2.77. The van der Waals surface area contributed by atoms with Crippen molar-refractivity contribution in [3.8, 4) is 11.3 Å². The van der Waals surface area contributed by atoms with E-state index in [-0.39, 0.29) is 11.8 Å². The van der Waals surface area contributed by atoms with Crippen LogP contribution in [0.15, 0.2) is 73.1 Å². The molecule has 0 atom stereocenters. The van der Waals surface area contributed by atoms with Crippen LogP contribution in [0.4, 0.5) is 5.69 Å². The topological polar surface area (TPSA) is 84.0 Å². The summed E-state index contributed by atoms with van der Waals surface area (Å²) < 4.78 is 0. The highest BCUT2D eigenvalue weighted by molar-refractivity contribution is 6.07. The molecule has 154 valence electrons. The van der Waals surface area contributed by atoms with Gasteiger partial charge in [-0.1, -0.05) is 29.8 Å². The molecule has 2 amide bonds. The monoisotopic (exact) mass is 410 g/mol. The third-order valence-electron chi connectivity index (χ3n) is 4.89. The minimum Gasteiger partial charge on any atom is -0.348 e. The summed E-state index contributed by atoms with van der Waals surface area (Å²) in [4.78, 5) is 33.2. The lowest BCUT2D eigenvalue weighted by molar-refractivity contribution is -0.114. The average molecular weight is 410 g/mol. The van der Waals surface area contributed by atoms with Gasteiger partial charge in [-0.15, -0.1) is 0 Å². The summed E-state index contributed by atoms with van der Waals surface area (Å²) in [5.41, 5.74) is 5.57. The molecular formula is C25H22N4O2. The fraction of sp³-hybridized carbons (Fsp3) is 0.120. The highest BCUT2D eigenvalue weighted by Crippen LogP contribution is 2.27. The number of benzene rings is 2. The second-order valence-corrected chi connectivity index (χ2v) is 7.38. The summed E-state index contributed by atoms with van der Waals surface area (Å²) in [6, 6.07) is 18.9. The number of nitrogens with one attached hydrogen (secondary N) is 2. The second-order valence-electron chi connectivity index (χ2n) is 7.38. The molecule has 0 aliphatic carbocycles. The van der Waals surface area contributed by atoms with Gasteiger partial charge in [-0.25, -0.2) is 4.98 Å². The second kappa shape index (κ2) is 8.75. The summed E-state index contributed by atoms with van der Waals surface area (Å²) in [5.74, 6) is -0.294. The van der Waals surface area contributed by atoms with E-state index in [0.29, 0.717) is 23.5 Å². The third-order valence-corrected chi connectivity index (χ3v) is 4.89. The summed E-state index contributed by atoms with van der Waals surface area (Å²) in [6.07, 6.45) is 3.44. The molecule has 0 aliphatic rings. The van der Waals surface area contributed by atoms with Gasteiger partial charge in [0, 0.05) is 42.5 Å². The predicted octanol–water partition coefficient (Wildman–Crippen LogP) is 4.49. The van der Waals surface area contributed by atoms with E-state index in [2.05, 4.69) is 15.6 Å². The summed E-state index contributed by atoms with van der Waals surface area (Å²) in [6.45, 7) is 3.85. The molecular weight excluding hydrogens is 388 g/mol. The molecule has 2 heterocycles. The molecule has 31 heavy (non-hydrogen) atoms. The molecule has 0 saturated carbocycles. The minimum atomic E-state index is -0.169. The molecule has 0 spiro atoms. The first kappa shape index (κ1) is 20.2. The SMILES string of the molecule is CC(=O)Nc1ccc(-c2cc(C(=O)NCc3cccnc3)c3cc(C)ccc3n2)cc1. The Morgan fingerprint density at radius 3 is 2.52 bits per heavy atom. The molecule has 0 fully saturated rings. The smallest absolute Gasteiger partial charge is 0.252 e. The zero-order chi connectivity index (χ0) is 21.8. The van der Waals surface area contributed by atoms with E-state index in [0.717, 1.165) is 27.6 Å². The molecule has 6 heteroatoms. The Morgan fingerprint density at radius 1 is 1.00 bits per heavy atom. The fourth-order valence-electron chi connectivity index (χ4n) is 3.38. The molecule has 2 aromatic carbocycles. The van der Waals surface area contributed by atoms with E-state index in [9.17, 15) is 9.59 Å². The number of anilines is 1. The zero-order valence-electron chi connectivity index (χ0n) is 17.3. The lowest BCUT2D eigenvalue weighted by Gasteiger charge is -2.12. The number of hydrogen-bond acceptors (Lipinski definition) is 4. The Bertz CT molecular complexity index is 1250. The Labute approximate surface area is 180 Å². The molecule has 4 rings (SSSR count). The van der Waals surface area contributed by atoms with Crippen LogP contribution in [0, 0.1) is 6.92 Å². The van der Waals surface area contributed by atoms with E-state index in [4.69, 9.17) is 4.98 Å². The van der Waals surface area contributed by atoms with Crippen molar-refractivity contribution in [3.05, 3.63) is 89.7 Å². The first-order valence-electron chi connectivity index (χ1n) is 9.96. The first-order valence-corrected chi connectivity index (χ1v) is 9.96. The number of aryl methyl sites for hydroxylation is 1. The molecule has 6 nitrogen and oxygen atoms in total. The van der Waals surface area contributed by atoms with Crippen LogP contribution >= 0.6 is 0 Å². The van der Waals surface area contributed by atoms with Crippen LogP contribution in [0.1, 0.15) is 28.4 Å². The van der Waals surface area contributed by atoms with Gasteiger partial charge >= 0.3 is 0 Å². The van der Waals surface area contributed by atoms with Crippen molar-refractivity contribution in [2.45, 2.75) is 20.4 Å². The van der Waals surface area contributed by atoms with E-state index < -0.39 is 0 Å². The number of carbonyl (C=O) groups is 2. The quantitative estimate of drug-likeness (QED) is 0.508. The number of rotatable bonds is 5. The van der Waals surface area contributed by atoms with Crippen LogP contribution in [0.3, 0.4) is 0 Å². The number of amides is 2. The summed E-state index contributed by atoms with van der Waals surface area (Å²) >= 11 is 0. The van der Waals surface area contributed by atoms with Crippen molar-refractivity contribution < 1.29 is 9.59 Å². The molecule has 2 aromatic heterocycles. The van der Waals surface area contributed by atoms with Gasteiger partial charge < -0.3 is 10.6 Å². The largest absolute Gasteiger partial charge is 0.348 e. The summed E-state index contributed by atoms with van der Waals surface area (Å²) in [7, 11) is 0. The lowest BCUT2D eigenvalue weighted by Crippen LogP contribution is -2.23. The fourth-order valence-corrected chi connectivity index (χ4v) is 3.38. The minimum absolute atomic E-state index is 0.125. The number of aromatic nitrogens is 2. The number of pyridine rings is 2. The maximum atomic E-state index is 13.1. The summed E-state index contributed by atoms with van der Waals surface area (Å²) in [5, 5.41) is 6.54. The molecule has 2 N–H and O–H groups in total. The molecule has 0 radical (unpaired) electrons. The van der Waals surface area contributed by atoms with E-state index >= 15 is 0 Å². The van der Waals surface area contributed by atoms with Crippen molar-refractivity contribution in [1.82, 2.24) is 15.3 Å². The van der Waals surface area contributed by atoms with Gasteiger partial charge in [0.15, 0.2) is 0 Å². The number of fused-ring (bicyclic) bond motifs is 1. The van der Waals surface area contributed by atoms with Crippen LogP contribution in [0.5, 0.6) is 0 Å². The van der Waals surface area contributed by atoms with Crippen molar-refractivity contribution in [2.24, 2.45) is 0 Å². The van der Waals surface area contributed by atoms with Gasteiger partial charge in [-0.3, -0.25) is 14.6 Å². The van der Waals surface area contributed by atoms with Crippen molar-refractivity contribution in [1.29, 1.82) is 0 Å². The highest BCUT2D eigenvalue weighted by Gasteiger charge is 2.14. The normalized spacial score (nSPS) is 10.6. The van der Waals surface area contributed by atoms with Crippen LogP contribution in [-0.2, 0) is 11.3 Å². The Balaban J connectivity index is 1.70. The van der Waals surface area contributed by atoms with E-state index in [1.807, 2.05) is 67.6 Å². The Morgan fingerprint density at radius 2 is 1.81 bits per heavy atom. The highest BCUT2D eigenvalue weighted by atomic mass is 16.2. The number of carbonyl (C=O) groups excluding carboxylic acids is 2. The Kier molecular flexibility index (Phi) is 5.71. The molecule has 0 bridgehead atoms. The van der Waals surface area contributed by atoms with Gasteiger partial charge in [0.25, 0.3) is 5.91 Å². The van der Waals surface area contributed by atoms with Gasteiger partial charge in [0.2, 0.25) is 5.91 Å². The lowest BCUT2D eigenvalue weighted by atomic mass is 10.0. The molecule has 0 unspecified atom stereocenters.